The smallest absolute Gasteiger partial charge is 0.252 e. The molecule has 0 aliphatic heterocycles. The monoisotopic (exact) mass is 360 g/mol. The summed E-state index contributed by atoms with van der Waals surface area (Å²) < 4.78 is 22.7. The molecule has 0 aromatic heterocycles. The second kappa shape index (κ2) is 9.25. The highest BCUT2D eigenvalue weighted by Gasteiger charge is 2.15. The number of carbonyl (C=O) groups excluding carboxylic acids is 1. The van der Waals surface area contributed by atoms with Gasteiger partial charge in [0.05, 0.1) is 15.5 Å². The topological polar surface area (TPSA) is 89.3 Å². The summed E-state index contributed by atoms with van der Waals surface area (Å²) in [5.74, 6) is 0.339. The van der Waals surface area contributed by atoms with Crippen LogP contribution in [0.25, 0.3) is 0 Å². The van der Waals surface area contributed by atoms with Gasteiger partial charge in [-0.15, -0.1) is 0 Å². The molecule has 1 rings (SSSR count). The number of unbranched alkanes of at least 4 members (excludes halogenated alkanes) is 3. The molecule has 1 amide bonds. The van der Waals surface area contributed by atoms with Crippen LogP contribution < -0.4 is 10.5 Å². The molecule has 0 heterocycles. The molecule has 7 heteroatoms. The van der Waals surface area contributed by atoms with Crippen molar-refractivity contribution in [2.24, 2.45) is 11.1 Å². The summed E-state index contributed by atoms with van der Waals surface area (Å²) in [6, 6.07) is 3.85. The highest BCUT2D eigenvalue weighted by molar-refractivity contribution is 7.89. The summed E-state index contributed by atoms with van der Waals surface area (Å²) in [5, 5.41) is 8.02. The van der Waals surface area contributed by atoms with Gasteiger partial charge in [-0.2, -0.15) is 0 Å². The fourth-order valence-electron chi connectivity index (χ4n) is 2.18. The summed E-state index contributed by atoms with van der Waals surface area (Å²) in [6.45, 7) is 4.95. The van der Waals surface area contributed by atoms with Crippen LogP contribution in [-0.4, -0.2) is 20.9 Å². The van der Waals surface area contributed by atoms with Crippen molar-refractivity contribution in [1.82, 2.24) is 5.32 Å². The predicted octanol–water partition coefficient (Wildman–Crippen LogP) is 3.32. The molecule has 0 saturated heterocycles. The normalized spacial score (nSPS) is 11.7. The maximum atomic E-state index is 12.1. The molecule has 23 heavy (non-hydrogen) atoms. The van der Waals surface area contributed by atoms with Crippen molar-refractivity contribution in [2.75, 3.05) is 6.54 Å². The first-order valence-electron chi connectivity index (χ1n) is 7.82. The number of hydrogen-bond acceptors (Lipinski definition) is 3. The molecular weight excluding hydrogens is 336 g/mol. The Morgan fingerprint density at radius 2 is 1.87 bits per heavy atom. The van der Waals surface area contributed by atoms with Gasteiger partial charge in [-0.1, -0.05) is 51.1 Å². The number of benzene rings is 1. The predicted molar refractivity (Wildman–Crippen MR) is 93.1 cm³/mol. The molecule has 0 aliphatic rings. The van der Waals surface area contributed by atoms with Crippen molar-refractivity contribution in [1.29, 1.82) is 0 Å². The Morgan fingerprint density at radius 3 is 2.48 bits per heavy atom. The van der Waals surface area contributed by atoms with Gasteiger partial charge in [0.1, 0.15) is 0 Å². The van der Waals surface area contributed by atoms with E-state index in [0.717, 1.165) is 25.2 Å². The molecule has 0 spiro atoms. The zero-order chi connectivity index (χ0) is 17.5. The van der Waals surface area contributed by atoms with Crippen LogP contribution in [0.2, 0.25) is 5.02 Å². The molecule has 0 unspecified atom stereocenters. The van der Waals surface area contributed by atoms with Crippen molar-refractivity contribution < 1.29 is 13.2 Å². The summed E-state index contributed by atoms with van der Waals surface area (Å²) >= 11 is 5.96. The average molecular weight is 361 g/mol. The lowest BCUT2D eigenvalue weighted by Crippen LogP contribution is -2.25. The van der Waals surface area contributed by atoms with Gasteiger partial charge in [0.15, 0.2) is 0 Å². The molecule has 0 fully saturated rings. The number of primary sulfonamides is 1. The van der Waals surface area contributed by atoms with Crippen LogP contribution in [0.15, 0.2) is 23.1 Å². The first-order chi connectivity index (χ1) is 10.7. The van der Waals surface area contributed by atoms with Crippen LogP contribution in [0.1, 0.15) is 56.3 Å². The summed E-state index contributed by atoms with van der Waals surface area (Å²) in [4.78, 5) is 12.0. The largest absolute Gasteiger partial charge is 0.352 e. The zero-order valence-electron chi connectivity index (χ0n) is 13.6. The average Bonchev–Trinajstić information content (AvgIpc) is 2.44. The number of nitrogens with one attached hydrogen (secondary N) is 1. The van der Waals surface area contributed by atoms with Crippen LogP contribution in [0.5, 0.6) is 0 Å². The summed E-state index contributed by atoms with van der Waals surface area (Å²) in [7, 11) is -3.86. The van der Waals surface area contributed by atoms with Crippen LogP contribution in [0, 0.1) is 5.92 Å². The lowest BCUT2D eigenvalue weighted by molar-refractivity contribution is 0.0953. The number of sulfonamides is 1. The number of rotatable bonds is 9. The summed E-state index contributed by atoms with van der Waals surface area (Å²) in [5.41, 5.74) is 0.123. The fraction of sp³-hybridized carbons (Fsp3) is 0.562. The van der Waals surface area contributed by atoms with Gasteiger partial charge in [-0.25, -0.2) is 13.6 Å². The van der Waals surface area contributed by atoms with Gasteiger partial charge in [0.2, 0.25) is 10.0 Å². The number of carbonyl (C=O) groups is 1. The molecule has 0 atom stereocenters. The number of amides is 1. The van der Waals surface area contributed by atoms with Crippen LogP contribution in [0.4, 0.5) is 0 Å². The SMILES string of the molecule is CC(C)CCCCCCNC(=O)c1cc(S(N)(=O)=O)ccc1Cl. The van der Waals surface area contributed by atoms with E-state index in [1.54, 1.807) is 0 Å². The summed E-state index contributed by atoms with van der Waals surface area (Å²) in [6.07, 6.45) is 5.51. The van der Waals surface area contributed by atoms with E-state index in [4.69, 9.17) is 16.7 Å². The number of hydrogen-bond donors (Lipinski definition) is 2. The van der Waals surface area contributed by atoms with Crippen molar-refractivity contribution in [2.45, 2.75) is 50.8 Å². The van der Waals surface area contributed by atoms with Crippen molar-refractivity contribution in [3.63, 3.8) is 0 Å². The van der Waals surface area contributed by atoms with Crippen molar-refractivity contribution in [3.05, 3.63) is 28.8 Å². The minimum Gasteiger partial charge on any atom is -0.352 e. The van der Waals surface area contributed by atoms with E-state index in [9.17, 15) is 13.2 Å². The Hall–Kier alpha value is -1.11. The molecule has 5 nitrogen and oxygen atoms in total. The van der Waals surface area contributed by atoms with Crippen LogP contribution in [-0.2, 0) is 10.0 Å². The van der Waals surface area contributed by atoms with Crippen molar-refractivity contribution in [3.8, 4) is 0 Å². The minimum atomic E-state index is -3.86. The molecule has 0 aliphatic carbocycles. The maximum absolute atomic E-state index is 12.1. The Kier molecular flexibility index (Phi) is 8.02. The van der Waals surface area contributed by atoms with Gasteiger partial charge in [-0.05, 0) is 30.5 Å². The van der Waals surface area contributed by atoms with E-state index in [1.165, 1.54) is 31.0 Å². The van der Waals surface area contributed by atoms with E-state index in [1.807, 2.05) is 0 Å². The minimum absolute atomic E-state index is 0.123. The van der Waals surface area contributed by atoms with Gasteiger partial charge < -0.3 is 5.32 Å². The highest BCUT2D eigenvalue weighted by Crippen LogP contribution is 2.19. The third kappa shape index (κ3) is 7.33. The first kappa shape index (κ1) is 19.9. The number of halogens is 1. The van der Waals surface area contributed by atoms with Crippen molar-refractivity contribution >= 4 is 27.5 Å². The maximum Gasteiger partial charge on any atom is 0.252 e. The lowest BCUT2D eigenvalue weighted by atomic mass is 10.0. The second-order valence-electron chi connectivity index (χ2n) is 6.04. The standard InChI is InChI=1S/C16H25ClN2O3S/c1-12(2)7-5-3-4-6-10-19-16(20)14-11-13(23(18,21)22)8-9-15(14)17/h8-9,11-12H,3-7,10H2,1-2H3,(H,19,20)(H2,18,21,22). The molecular formula is C16H25ClN2O3S. The van der Waals surface area contributed by atoms with Gasteiger partial charge >= 0.3 is 0 Å². The molecule has 0 bridgehead atoms. The fourth-order valence-corrected chi connectivity index (χ4v) is 2.93. The molecule has 1 aromatic rings. The van der Waals surface area contributed by atoms with Gasteiger partial charge in [0.25, 0.3) is 5.91 Å². The molecule has 0 saturated carbocycles. The molecule has 130 valence electrons. The Labute approximate surface area is 143 Å². The molecule has 3 N–H and O–H groups in total. The van der Waals surface area contributed by atoms with Crippen LogP contribution in [0.3, 0.4) is 0 Å². The van der Waals surface area contributed by atoms with E-state index in [-0.39, 0.29) is 21.4 Å². The quantitative estimate of drug-likeness (QED) is 0.662. The van der Waals surface area contributed by atoms with Crippen LogP contribution >= 0.6 is 11.6 Å². The van der Waals surface area contributed by atoms with E-state index >= 15 is 0 Å². The Balaban J connectivity index is 2.46. The zero-order valence-corrected chi connectivity index (χ0v) is 15.2. The third-order valence-corrected chi connectivity index (χ3v) is 4.75. The highest BCUT2D eigenvalue weighted by atomic mass is 35.5. The van der Waals surface area contributed by atoms with E-state index < -0.39 is 10.0 Å². The molecule has 1 aromatic carbocycles. The Morgan fingerprint density at radius 1 is 1.22 bits per heavy atom. The first-order valence-corrected chi connectivity index (χ1v) is 9.75. The van der Waals surface area contributed by atoms with E-state index in [2.05, 4.69) is 19.2 Å². The van der Waals surface area contributed by atoms with E-state index in [0.29, 0.717) is 6.54 Å². The Bertz CT molecular complexity index is 630. The van der Waals surface area contributed by atoms with Gasteiger partial charge in [-0.3, -0.25) is 4.79 Å². The second-order valence-corrected chi connectivity index (χ2v) is 8.01. The number of nitrogens with two attached hydrogens (primary N) is 1. The van der Waals surface area contributed by atoms with Gasteiger partial charge in [0, 0.05) is 6.54 Å². The lowest BCUT2D eigenvalue weighted by Gasteiger charge is -2.08. The molecule has 0 radical (unpaired) electrons. The third-order valence-electron chi connectivity index (χ3n) is 3.50.